The molecule has 0 aliphatic rings. The molecule has 0 aliphatic carbocycles. The molecule has 2 heterocycles. The standard InChI is InChI=1S/C20H21N3O3/c1-4-15(12-18(24)26-3)19-17-6-5-11-21-20(17)23(22-19)13-14-7-9-16(25-2)10-8-14/h5-12H,4,13H2,1-3H3/b15-12-. The molecule has 0 N–H and O–H groups in total. The number of ether oxygens (including phenoxy) is 2. The molecule has 6 heteroatoms. The Morgan fingerprint density at radius 3 is 2.62 bits per heavy atom. The van der Waals surface area contributed by atoms with Gasteiger partial charge in [0, 0.05) is 17.7 Å². The summed E-state index contributed by atoms with van der Waals surface area (Å²) in [6.45, 7) is 2.56. The highest BCUT2D eigenvalue weighted by atomic mass is 16.5. The Balaban J connectivity index is 2.04. The number of fused-ring (bicyclic) bond motifs is 1. The van der Waals surface area contributed by atoms with Crippen LogP contribution in [-0.2, 0) is 16.1 Å². The maximum Gasteiger partial charge on any atom is 0.330 e. The molecule has 6 nitrogen and oxygen atoms in total. The van der Waals surface area contributed by atoms with E-state index in [-0.39, 0.29) is 5.97 Å². The third-order valence-electron chi connectivity index (χ3n) is 4.18. The number of benzene rings is 1. The number of carbonyl (C=O) groups is 1. The Kier molecular flexibility index (Phi) is 5.31. The predicted molar refractivity (Wildman–Crippen MR) is 99.9 cm³/mol. The smallest absolute Gasteiger partial charge is 0.330 e. The maximum atomic E-state index is 11.7. The number of nitrogens with zero attached hydrogens (tertiary/aromatic N) is 3. The van der Waals surface area contributed by atoms with E-state index >= 15 is 0 Å². The maximum absolute atomic E-state index is 11.7. The lowest BCUT2D eigenvalue weighted by molar-refractivity contribution is -0.134. The molecule has 0 amide bonds. The molecule has 0 fully saturated rings. The van der Waals surface area contributed by atoms with E-state index in [1.165, 1.54) is 13.2 Å². The van der Waals surface area contributed by atoms with Crippen molar-refractivity contribution in [3.63, 3.8) is 0 Å². The first-order valence-corrected chi connectivity index (χ1v) is 8.39. The summed E-state index contributed by atoms with van der Waals surface area (Å²) in [5.41, 5.74) is 3.45. The second-order valence-electron chi connectivity index (χ2n) is 5.78. The Morgan fingerprint density at radius 1 is 1.19 bits per heavy atom. The second-order valence-corrected chi connectivity index (χ2v) is 5.78. The molecule has 0 aliphatic heterocycles. The second kappa shape index (κ2) is 7.82. The van der Waals surface area contributed by atoms with Crippen molar-refractivity contribution in [2.45, 2.75) is 19.9 Å². The van der Waals surface area contributed by atoms with Crippen molar-refractivity contribution in [2.24, 2.45) is 0 Å². The van der Waals surface area contributed by atoms with Crippen LogP contribution in [0, 0.1) is 0 Å². The SMILES string of the molecule is CC/C(=C/C(=O)OC)c1nn(Cc2ccc(OC)cc2)c2ncccc12. The van der Waals surface area contributed by atoms with E-state index < -0.39 is 0 Å². The molecule has 3 rings (SSSR count). The largest absolute Gasteiger partial charge is 0.497 e. The predicted octanol–water partition coefficient (Wildman–Crippen LogP) is 3.45. The summed E-state index contributed by atoms with van der Waals surface area (Å²) in [5.74, 6) is 0.427. The molecule has 0 saturated carbocycles. The number of allylic oxidation sites excluding steroid dienone is 1. The van der Waals surface area contributed by atoms with Gasteiger partial charge in [0.15, 0.2) is 5.65 Å². The van der Waals surface area contributed by atoms with Crippen molar-refractivity contribution in [2.75, 3.05) is 14.2 Å². The highest BCUT2D eigenvalue weighted by Crippen LogP contribution is 2.26. The lowest BCUT2D eigenvalue weighted by atomic mass is 10.1. The van der Waals surface area contributed by atoms with Crippen LogP contribution in [0.25, 0.3) is 16.6 Å². The number of carbonyl (C=O) groups excluding carboxylic acids is 1. The minimum atomic E-state index is -0.386. The van der Waals surface area contributed by atoms with Gasteiger partial charge in [-0.2, -0.15) is 5.10 Å². The monoisotopic (exact) mass is 351 g/mol. The lowest BCUT2D eigenvalue weighted by Gasteiger charge is -2.05. The first-order chi connectivity index (χ1) is 12.7. The normalized spacial score (nSPS) is 11.6. The van der Waals surface area contributed by atoms with Crippen LogP contribution < -0.4 is 4.74 Å². The van der Waals surface area contributed by atoms with Crippen LogP contribution in [0.2, 0.25) is 0 Å². The van der Waals surface area contributed by atoms with Gasteiger partial charge in [-0.1, -0.05) is 19.1 Å². The zero-order chi connectivity index (χ0) is 18.5. The summed E-state index contributed by atoms with van der Waals surface area (Å²) in [6.07, 6.45) is 3.90. The fourth-order valence-corrected chi connectivity index (χ4v) is 2.80. The molecule has 0 saturated heterocycles. The van der Waals surface area contributed by atoms with Crippen LogP contribution in [0.3, 0.4) is 0 Å². The number of pyridine rings is 1. The van der Waals surface area contributed by atoms with Crippen LogP contribution in [-0.4, -0.2) is 35.0 Å². The van der Waals surface area contributed by atoms with Gasteiger partial charge in [0.1, 0.15) is 5.75 Å². The van der Waals surface area contributed by atoms with Gasteiger partial charge in [-0.15, -0.1) is 0 Å². The molecular weight excluding hydrogens is 330 g/mol. The zero-order valence-electron chi connectivity index (χ0n) is 15.1. The van der Waals surface area contributed by atoms with E-state index in [4.69, 9.17) is 14.6 Å². The Morgan fingerprint density at radius 2 is 1.96 bits per heavy atom. The first-order valence-electron chi connectivity index (χ1n) is 8.39. The fourth-order valence-electron chi connectivity index (χ4n) is 2.80. The molecule has 0 unspecified atom stereocenters. The van der Waals surface area contributed by atoms with Gasteiger partial charge in [0.25, 0.3) is 0 Å². The first kappa shape index (κ1) is 17.7. The van der Waals surface area contributed by atoms with Crippen molar-refractivity contribution in [1.82, 2.24) is 14.8 Å². The summed E-state index contributed by atoms with van der Waals surface area (Å²) in [4.78, 5) is 16.2. The van der Waals surface area contributed by atoms with Gasteiger partial charge in [-0.25, -0.2) is 14.5 Å². The third-order valence-corrected chi connectivity index (χ3v) is 4.18. The molecule has 3 aromatic rings. The average Bonchev–Trinajstić information content (AvgIpc) is 3.05. The average molecular weight is 351 g/mol. The highest BCUT2D eigenvalue weighted by molar-refractivity contribution is 5.96. The van der Waals surface area contributed by atoms with Gasteiger partial charge in [-0.3, -0.25) is 0 Å². The van der Waals surface area contributed by atoms with Crippen molar-refractivity contribution >= 4 is 22.6 Å². The summed E-state index contributed by atoms with van der Waals surface area (Å²) in [7, 11) is 3.01. The number of esters is 1. The van der Waals surface area contributed by atoms with E-state index in [0.29, 0.717) is 13.0 Å². The van der Waals surface area contributed by atoms with E-state index in [2.05, 4.69) is 4.98 Å². The third kappa shape index (κ3) is 3.59. The quantitative estimate of drug-likeness (QED) is 0.503. The molecule has 26 heavy (non-hydrogen) atoms. The summed E-state index contributed by atoms with van der Waals surface area (Å²) in [6, 6.07) is 11.7. The molecule has 0 spiro atoms. The Labute approximate surface area is 152 Å². The van der Waals surface area contributed by atoms with E-state index in [1.807, 2.05) is 48.0 Å². The Hall–Kier alpha value is -3.15. The topological polar surface area (TPSA) is 66.2 Å². The Bertz CT molecular complexity index is 943. The summed E-state index contributed by atoms with van der Waals surface area (Å²) in [5, 5.41) is 5.65. The molecule has 1 aromatic carbocycles. The molecule has 0 bridgehead atoms. The van der Waals surface area contributed by atoms with Gasteiger partial charge in [0.05, 0.1) is 26.5 Å². The number of methoxy groups -OCH3 is 2. The highest BCUT2D eigenvalue weighted by Gasteiger charge is 2.15. The van der Waals surface area contributed by atoms with Crippen molar-refractivity contribution in [1.29, 1.82) is 0 Å². The summed E-state index contributed by atoms with van der Waals surface area (Å²) < 4.78 is 11.8. The van der Waals surface area contributed by atoms with Gasteiger partial charge in [-0.05, 0) is 41.8 Å². The molecular formula is C20H21N3O3. The molecule has 134 valence electrons. The van der Waals surface area contributed by atoms with E-state index in [1.54, 1.807) is 13.3 Å². The molecule has 0 radical (unpaired) electrons. The fraction of sp³-hybridized carbons (Fsp3) is 0.250. The zero-order valence-corrected chi connectivity index (χ0v) is 15.1. The number of hydrogen-bond donors (Lipinski definition) is 0. The van der Waals surface area contributed by atoms with Crippen molar-refractivity contribution in [3.05, 3.63) is 59.9 Å². The van der Waals surface area contributed by atoms with Crippen LogP contribution in [0.1, 0.15) is 24.6 Å². The van der Waals surface area contributed by atoms with Crippen molar-refractivity contribution in [3.8, 4) is 5.75 Å². The lowest BCUT2D eigenvalue weighted by Crippen LogP contribution is -2.03. The van der Waals surface area contributed by atoms with Gasteiger partial charge < -0.3 is 9.47 Å². The minimum Gasteiger partial charge on any atom is -0.497 e. The minimum absolute atomic E-state index is 0.386. The van der Waals surface area contributed by atoms with Crippen LogP contribution in [0.15, 0.2) is 48.7 Å². The molecule has 2 aromatic heterocycles. The van der Waals surface area contributed by atoms with Crippen LogP contribution in [0.5, 0.6) is 5.75 Å². The van der Waals surface area contributed by atoms with Gasteiger partial charge >= 0.3 is 5.97 Å². The van der Waals surface area contributed by atoms with Crippen LogP contribution in [0.4, 0.5) is 0 Å². The van der Waals surface area contributed by atoms with Gasteiger partial charge in [0.2, 0.25) is 0 Å². The molecule has 0 atom stereocenters. The number of aromatic nitrogens is 3. The van der Waals surface area contributed by atoms with Crippen molar-refractivity contribution < 1.29 is 14.3 Å². The summed E-state index contributed by atoms with van der Waals surface area (Å²) >= 11 is 0. The van der Waals surface area contributed by atoms with E-state index in [0.717, 1.165) is 33.6 Å². The number of hydrogen-bond acceptors (Lipinski definition) is 5. The van der Waals surface area contributed by atoms with E-state index in [9.17, 15) is 4.79 Å². The number of rotatable bonds is 6. The van der Waals surface area contributed by atoms with Crippen LogP contribution >= 0.6 is 0 Å².